The molecule has 0 saturated carbocycles. The minimum Gasteiger partial charge on any atom is -0.455 e. The molecule has 1 aromatic heterocycles. The maximum absolute atomic E-state index is 6.13. The summed E-state index contributed by atoms with van der Waals surface area (Å²) >= 11 is 6.13. The first-order valence-corrected chi connectivity index (χ1v) is 5.63. The lowest BCUT2D eigenvalue weighted by Crippen LogP contribution is -2.13. The fourth-order valence-corrected chi connectivity index (χ4v) is 2.19. The van der Waals surface area contributed by atoms with Crippen LogP contribution >= 0.6 is 11.6 Å². The first kappa shape index (κ1) is 10.4. The molecule has 5 heteroatoms. The second-order valence-corrected chi connectivity index (χ2v) is 4.23. The van der Waals surface area contributed by atoms with Gasteiger partial charge < -0.3 is 10.5 Å². The van der Waals surface area contributed by atoms with E-state index in [1.807, 2.05) is 24.3 Å². The predicted molar refractivity (Wildman–Crippen MR) is 67.1 cm³/mol. The number of amidine groups is 1. The highest BCUT2D eigenvalue weighted by molar-refractivity contribution is 6.35. The normalized spacial score (nSPS) is 19.1. The smallest absolute Gasteiger partial charge is 0.282 e. The molecule has 17 heavy (non-hydrogen) atoms. The average Bonchev–Trinajstić information content (AvgIpc) is 2.77. The Hall–Kier alpha value is -1.81. The van der Waals surface area contributed by atoms with Crippen LogP contribution in [0.2, 0.25) is 5.02 Å². The van der Waals surface area contributed by atoms with Crippen LogP contribution in [0, 0.1) is 0 Å². The van der Waals surface area contributed by atoms with Gasteiger partial charge in [-0.05, 0) is 18.2 Å². The second-order valence-electron chi connectivity index (χ2n) is 3.82. The summed E-state index contributed by atoms with van der Waals surface area (Å²) in [5.74, 6) is 0. The highest BCUT2D eigenvalue weighted by Crippen LogP contribution is 2.31. The molecule has 1 aliphatic rings. The van der Waals surface area contributed by atoms with Crippen LogP contribution in [0.3, 0.4) is 0 Å². The molecule has 2 heterocycles. The third kappa shape index (κ3) is 1.70. The molecule has 4 nitrogen and oxygen atoms in total. The maximum Gasteiger partial charge on any atom is 0.282 e. The Labute approximate surface area is 103 Å². The van der Waals surface area contributed by atoms with Gasteiger partial charge in [-0.3, -0.25) is 4.98 Å². The van der Waals surface area contributed by atoms with Crippen LogP contribution in [0.4, 0.5) is 0 Å². The molecular formula is C12H10ClN3O. The number of benzene rings is 1. The van der Waals surface area contributed by atoms with E-state index in [4.69, 9.17) is 22.1 Å². The predicted octanol–water partition coefficient (Wildman–Crippen LogP) is 2.27. The van der Waals surface area contributed by atoms with Crippen LogP contribution in [0.1, 0.15) is 11.7 Å². The summed E-state index contributed by atoms with van der Waals surface area (Å²) < 4.78 is 5.44. The minimum absolute atomic E-state index is 0.162. The third-order valence-electron chi connectivity index (χ3n) is 2.77. The number of nitrogens with two attached hydrogens (primary N) is 1. The van der Waals surface area contributed by atoms with Crippen LogP contribution in [0.5, 0.6) is 0 Å². The zero-order valence-corrected chi connectivity index (χ0v) is 9.69. The zero-order chi connectivity index (χ0) is 11.8. The number of pyridine rings is 1. The summed E-state index contributed by atoms with van der Waals surface area (Å²) in [5, 5.41) is 1.60. The number of nitrogens with zero attached hydrogens (tertiary/aromatic N) is 2. The van der Waals surface area contributed by atoms with Crippen molar-refractivity contribution in [3.8, 4) is 0 Å². The lowest BCUT2D eigenvalue weighted by Gasteiger charge is -2.12. The molecule has 0 bridgehead atoms. The van der Waals surface area contributed by atoms with E-state index < -0.39 is 0 Å². The van der Waals surface area contributed by atoms with Crippen LogP contribution in [-0.4, -0.2) is 17.6 Å². The molecule has 0 aliphatic carbocycles. The van der Waals surface area contributed by atoms with E-state index in [0.29, 0.717) is 11.6 Å². The molecule has 86 valence electrons. The summed E-state index contributed by atoms with van der Waals surface area (Å²) in [6.45, 7) is 0.527. The van der Waals surface area contributed by atoms with Gasteiger partial charge >= 0.3 is 0 Å². The SMILES string of the molecule is NC1=NCC(c2ccc(Cl)c3cccnc23)O1. The van der Waals surface area contributed by atoms with E-state index in [0.717, 1.165) is 16.5 Å². The number of rotatable bonds is 1. The summed E-state index contributed by atoms with van der Waals surface area (Å²) in [6, 6.07) is 7.79. The molecular weight excluding hydrogens is 238 g/mol. The van der Waals surface area contributed by atoms with Gasteiger partial charge in [0.25, 0.3) is 6.02 Å². The highest BCUT2D eigenvalue weighted by Gasteiger charge is 2.22. The molecule has 2 N–H and O–H groups in total. The van der Waals surface area contributed by atoms with Crippen LogP contribution < -0.4 is 5.73 Å². The molecule has 0 radical (unpaired) electrons. The number of ether oxygens (including phenoxy) is 1. The van der Waals surface area contributed by atoms with Crippen molar-refractivity contribution in [2.24, 2.45) is 10.7 Å². The molecule has 1 atom stereocenters. The van der Waals surface area contributed by atoms with Crippen molar-refractivity contribution < 1.29 is 4.74 Å². The van der Waals surface area contributed by atoms with Crippen LogP contribution in [0.15, 0.2) is 35.5 Å². The number of halogens is 1. The number of hydrogen-bond donors (Lipinski definition) is 1. The monoisotopic (exact) mass is 247 g/mol. The van der Waals surface area contributed by atoms with Gasteiger partial charge in [0, 0.05) is 22.2 Å². The molecule has 1 aromatic carbocycles. The third-order valence-corrected chi connectivity index (χ3v) is 3.10. The fourth-order valence-electron chi connectivity index (χ4n) is 1.97. The number of aliphatic imine (C=N–C) groups is 1. The van der Waals surface area contributed by atoms with Crippen molar-refractivity contribution in [1.82, 2.24) is 4.98 Å². The lowest BCUT2D eigenvalue weighted by molar-refractivity contribution is 0.227. The number of hydrogen-bond acceptors (Lipinski definition) is 4. The van der Waals surface area contributed by atoms with Crippen LogP contribution in [-0.2, 0) is 4.74 Å². The maximum atomic E-state index is 6.13. The van der Waals surface area contributed by atoms with Crippen molar-refractivity contribution in [2.45, 2.75) is 6.10 Å². The molecule has 0 spiro atoms. The molecule has 3 rings (SSSR count). The first-order valence-electron chi connectivity index (χ1n) is 5.25. The van der Waals surface area contributed by atoms with Gasteiger partial charge in [0.15, 0.2) is 0 Å². The Morgan fingerprint density at radius 1 is 1.35 bits per heavy atom. The Balaban J connectivity index is 2.15. The Bertz CT molecular complexity index is 612. The van der Waals surface area contributed by atoms with Crippen molar-refractivity contribution in [3.63, 3.8) is 0 Å². The van der Waals surface area contributed by atoms with Gasteiger partial charge in [0.05, 0.1) is 12.1 Å². The second kappa shape index (κ2) is 3.89. The van der Waals surface area contributed by atoms with Gasteiger partial charge in [-0.1, -0.05) is 17.7 Å². The quantitative estimate of drug-likeness (QED) is 0.841. The number of fused-ring (bicyclic) bond motifs is 1. The molecule has 0 saturated heterocycles. The lowest BCUT2D eigenvalue weighted by atomic mass is 10.0. The van der Waals surface area contributed by atoms with Gasteiger partial charge in [0.2, 0.25) is 0 Å². The van der Waals surface area contributed by atoms with Crippen molar-refractivity contribution in [3.05, 3.63) is 41.0 Å². The van der Waals surface area contributed by atoms with E-state index in [1.54, 1.807) is 6.20 Å². The van der Waals surface area contributed by atoms with Crippen molar-refractivity contribution in [1.29, 1.82) is 0 Å². The summed E-state index contributed by atoms with van der Waals surface area (Å²) in [7, 11) is 0. The molecule has 0 amide bonds. The largest absolute Gasteiger partial charge is 0.455 e. The van der Waals surface area contributed by atoms with Crippen molar-refractivity contribution in [2.75, 3.05) is 6.54 Å². The highest BCUT2D eigenvalue weighted by atomic mass is 35.5. The minimum atomic E-state index is -0.162. The fraction of sp³-hybridized carbons (Fsp3) is 0.167. The van der Waals surface area contributed by atoms with Gasteiger partial charge in [0.1, 0.15) is 6.10 Å². The van der Waals surface area contributed by atoms with E-state index in [2.05, 4.69) is 9.98 Å². The number of aromatic nitrogens is 1. The van der Waals surface area contributed by atoms with Gasteiger partial charge in [-0.15, -0.1) is 0 Å². The van der Waals surface area contributed by atoms with Gasteiger partial charge in [-0.2, -0.15) is 0 Å². The summed E-state index contributed by atoms with van der Waals surface area (Å²) in [6.07, 6.45) is 1.58. The van der Waals surface area contributed by atoms with Crippen molar-refractivity contribution >= 4 is 28.5 Å². The van der Waals surface area contributed by atoms with E-state index in [-0.39, 0.29) is 12.1 Å². The Morgan fingerprint density at radius 3 is 3.00 bits per heavy atom. The van der Waals surface area contributed by atoms with E-state index >= 15 is 0 Å². The van der Waals surface area contributed by atoms with E-state index in [9.17, 15) is 0 Å². The molecule has 0 fully saturated rings. The summed E-state index contributed by atoms with van der Waals surface area (Å²) in [4.78, 5) is 8.39. The summed E-state index contributed by atoms with van der Waals surface area (Å²) in [5.41, 5.74) is 7.33. The molecule has 1 unspecified atom stereocenters. The molecule has 1 aliphatic heterocycles. The standard InChI is InChI=1S/C12H10ClN3O/c13-9-4-3-8(10-6-16-12(14)17-10)11-7(9)2-1-5-15-11/h1-5,10H,6H2,(H2,14,16). The molecule has 2 aromatic rings. The Morgan fingerprint density at radius 2 is 2.24 bits per heavy atom. The van der Waals surface area contributed by atoms with Crippen LogP contribution in [0.25, 0.3) is 10.9 Å². The Kier molecular flexibility index (Phi) is 2.37. The zero-order valence-electron chi connectivity index (χ0n) is 8.93. The van der Waals surface area contributed by atoms with Gasteiger partial charge in [-0.25, -0.2) is 4.99 Å². The van der Waals surface area contributed by atoms with E-state index in [1.165, 1.54) is 0 Å². The topological polar surface area (TPSA) is 60.5 Å². The average molecular weight is 248 g/mol. The first-order chi connectivity index (χ1) is 8.25.